The van der Waals surface area contributed by atoms with Gasteiger partial charge in [-0.3, -0.25) is 14.6 Å². The molecule has 3 rings (SSSR count). The molecule has 118 valence electrons. The number of aromatic nitrogens is 4. The highest BCUT2D eigenvalue weighted by Gasteiger charge is 2.21. The molecule has 0 spiro atoms. The van der Waals surface area contributed by atoms with Crippen molar-refractivity contribution in [3.05, 3.63) is 35.6 Å². The van der Waals surface area contributed by atoms with Crippen LogP contribution in [0.5, 0.6) is 5.75 Å². The molecule has 6 nitrogen and oxygen atoms in total. The number of halogens is 1. The Hall–Kier alpha value is -1.66. The zero-order valence-corrected chi connectivity index (χ0v) is 13.4. The Kier molecular flexibility index (Phi) is 4.90. The van der Waals surface area contributed by atoms with Crippen LogP contribution in [0.25, 0.3) is 0 Å². The van der Waals surface area contributed by atoms with E-state index in [-0.39, 0.29) is 0 Å². The summed E-state index contributed by atoms with van der Waals surface area (Å²) in [5, 5.41) is 4.68. The van der Waals surface area contributed by atoms with Crippen molar-refractivity contribution in [2.45, 2.75) is 19.4 Å². The second-order valence-electron chi connectivity index (χ2n) is 5.64. The van der Waals surface area contributed by atoms with Crippen LogP contribution in [0, 0.1) is 5.92 Å². The van der Waals surface area contributed by atoms with Gasteiger partial charge in [-0.2, -0.15) is 5.10 Å². The van der Waals surface area contributed by atoms with Crippen molar-refractivity contribution in [2.24, 2.45) is 13.0 Å². The van der Waals surface area contributed by atoms with Crippen molar-refractivity contribution in [1.82, 2.24) is 24.6 Å². The van der Waals surface area contributed by atoms with Gasteiger partial charge < -0.3 is 4.74 Å². The summed E-state index contributed by atoms with van der Waals surface area (Å²) in [5.74, 6) is 2.30. The molecule has 0 N–H and O–H groups in total. The van der Waals surface area contributed by atoms with Gasteiger partial charge in [-0.25, -0.2) is 4.98 Å². The second-order valence-corrected chi connectivity index (χ2v) is 6.04. The third-order valence-corrected chi connectivity index (χ3v) is 4.37. The van der Waals surface area contributed by atoms with Crippen LogP contribution >= 0.6 is 11.6 Å². The summed E-state index contributed by atoms with van der Waals surface area (Å²) in [5.41, 5.74) is 0. The standard InChI is InChI=1S/C15H20ClN5O/c1-20-15(18-11-19-20)9-21-6-3-12(4-7-21)10-22-14-2-5-17-8-13(14)16/h2,5,8,11-12H,3-4,6-7,9-10H2,1H3. The fraction of sp³-hybridized carbons (Fsp3) is 0.533. The Morgan fingerprint density at radius 3 is 2.86 bits per heavy atom. The minimum absolute atomic E-state index is 0.569. The topological polar surface area (TPSA) is 56.1 Å². The zero-order chi connectivity index (χ0) is 15.4. The van der Waals surface area contributed by atoms with E-state index in [2.05, 4.69) is 20.0 Å². The van der Waals surface area contributed by atoms with Crippen molar-refractivity contribution in [1.29, 1.82) is 0 Å². The molecule has 2 aromatic heterocycles. The minimum Gasteiger partial charge on any atom is -0.492 e. The van der Waals surface area contributed by atoms with Gasteiger partial charge >= 0.3 is 0 Å². The normalized spacial score (nSPS) is 16.8. The summed E-state index contributed by atoms with van der Waals surface area (Å²) < 4.78 is 7.65. The van der Waals surface area contributed by atoms with Crippen LogP contribution in [0.4, 0.5) is 0 Å². The van der Waals surface area contributed by atoms with Crippen LogP contribution in [0.2, 0.25) is 5.02 Å². The maximum atomic E-state index is 6.05. The highest BCUT2D eigenvalue weighted by Crippen LogP contribution is 2.25. The van der Waals surface area contributed by atoms with Gasteiger partial charge in [0.2, 0.25) is 0 Å². The highest BCUT2D eigenvalue weighted by molar-refractivity contribution is 6.31. The van der Waals surface area contributed by atoms with Crippen LogP contribution in [0.1, 0.15) is 18.7 Å². The summed E-state index contributed by atoms with van der Waals surface area (Å²) >= 11 is 6.05. The molecule has 1 fully saturated rings. The Morgan fingerprint density at radius 2 is 2.18 bits per heavy atom. The van der Waals surface area contributed by atoms with Crippen molar-refractivity contribution < 1.29 is 4.74 Å². The van der Waals surface area contributed by atoms with Crippen LogP contribution in [-0.4, -0.2) is 44.3 Å². The quantitative estimate of drug-likeness (QED) is 0.844. The van der Waals surface area contributed by atoms with E-state index in [1.54, 1.807) is 18.7 Å². The molecular weight excluding hydrogens is 302 g/mol. The lowest BCUT2D eigenvalue weighted by Crippen LogP contribution is -2.35. The number of ether oxygens (including phenoxy) is 1. The molecule has 3 heterocycles. The van der Waals surface area contributed by atoms with Crippen molar-refractivity contribution in [3.63, 3.8) is 0 Å². The van der Waals surface area contributed by atoms with E-state index in [1.807, 2.05) is 17.8 Å². The van der Waals surface area contributed by atoms with Gasteiger partial charge in [0.05, 0.1) is 13.2 Å². The van der Waals surface area contributed by atoms with Crippen LogP contribution in [-0.2, 0) is 13.6 Å². The predicted molar refractivity (Wildman–Crippen MR) is 83.7 cm³/mol. The first-order valence-electron chi connectivity index (χ1n) is 7.50. The maximum Gasteiger partial charge on any atom is 0.141 e. The molecule has 0 saturated carbocycles. The van der Waals surface area contributed by atoms with Gasteiger partial charge in [0.1, 0.15) is 22.9 Å². The molecule has 1 aliphatic rings. The fourth-order valence-corrected chi connectivity index (χ4v) is 2.84. The number of rotatable bonds is 5. The van der Waals surface area contributed by atoms with Gasteiger partial charge in [-0.1, -0.05) is 11.6 Å². The number of likely N-dealkylation sites (tertiary alicyclic amines) is 1. The van der Waals surface area contributed by atoms with Gasteiger partial charge in [0.25, 0.3) is 0 Å². The molecule has 0 amide bonds. The number of nitrogens with zero attached hydrogens (tertiary/aromatic N) is 5. The van der Waals surface area contributed by atoms with E-state index in [0.29, 0.717) is 17.5 Å². The Balaban J connectivity index is 1.44. The first-order chi connectivity index (χ1) is 10.7. The summed E-state index contributed by atoms with van der Waals surface area (Å²) in [6.07, 6.45) is 7.17. The molecule has 0 bridgehead atoms. The third kappa shape index (κ3) is 3.75. The number of aryl methyl sites for hydroxylation is 1. The molecule has 1 aliphatic heterocycles. The highest BCUT2D eigenvalue weighted by atomic mass is 35.5. The Labute approximate surface area is 135 Å². The smallest absolute Gasteiger partial charge is 0.141 e. The lowest BCUT2D eigenvalue weighted by molar-refractivity contribution is 0.133. The van der Waals surface area contributed by atoms with Gasteiger partial charge in [0.15, 0.2) is 0 Å². The minimum atomic E-state index is 0.569. The summed E-state index contributed by atoms with van der Waals surface area (Å²) in [6, 6.07) is 1.81. The Bertz CT molecular complexity index is 609. The second kappa shape index (κ2) is 7.07. The average molecular weight is 322 g/mol. The largest absolute Gasteiger partial charge is 0.492 e. The summed E-state index contributed by atoms with van der Waals surface area (Å²) in [4.78, 5) is 10.7. The van der Waals surface area contributed by atoms with E-state index in [1.165, 1.54) is 0 Å². The number of hydrogen-bond donors (Lipinski definition) is 0. The molecule has 22 heavy (non-hydrogen) atoms. The molecule has 0 aromatic carbocycles. The monoisotopic (exact) mass is 321 g/mol. The molecule has 7 heteroatoms. The lowest BCUT2D eigenvalue weighted by atomic mass is 9.98. The molecular formula is C15H20ClN5O. The van der Waals surface area contributed by atoms with Crippen LogP contribution in [0.3, 0.4) is 0 Å². The first kappa shape index (κ1) is 15.2. The van der Waals surface area contributed by atoms with E-state index in [0.717, 1.165) is 44.0 Å². The van der Waals surface area contributed by atoms with E-state index >= 15 is 0 Å². The molecule has 0 aliphatic carbocycles. The van der Waals surface area contributed by atoms with Crippen molar-refractivity contribution in [3.8, 4) is 5.75 Å². The number of pyridine rings is 1. The van der Waals surface area contributed by atoms with Crippen molar-refractivity contribution in [2.75, 3.05) is 19.7 Å². The van der Waals surface area contributed by atoms with E-state index < -0.39 is 0 Å². The van der Waals surface area contributed by atoms with Gasteiger partial charge in [-0.15, -0.1) is 0 Å². The number of piperidine rings is 1. The molecule has 0 unspecified atom stereocenters. The number of hydrogen-bond acceptors (Lipinski definition) is 5. The van der Waals surface area contributed by atoms with Gasteiger partial charge in [-0.05, 0) is 31.8 Å². The zero-order valence-electron chi connectivity index (χ0n) is 12.7. The summed E-state index contributed by atoms with van der Waals surface area (Å²) in [6.45, 7) is 3.69. The van der Waals surface area contributed by atoms with E-state index in [9.17, 15) is 0 Å². The average Bonchev–Trinajstić information content (AvgIpc) is 2.93. The third-order valence-electron chi connectivity index (χ3n) is 4.09. The predicted octanol–water partition coefficient (Wildman–Crippen LogP) is 2.15. The van der Waals surface area contributed by atoms with Crippen LogP contribution < -0.4 is 4.74 Å². The fourth-order valence-electron chi connectivity index (χ4n) is 2.66. The molecule has 1 saturated heterocycles. The summed E-state index contributed by atoms with van der Waals surface area (Å²) in [7, 11) is 1.93. The molecule has 2 aromatic rings. The lowest BCUT2D eigenvalue weighted by Gasteiger charge is -2.31. The Morgan fingerprint density at radius 1 is 1.36 bits per heavy atom. The van der Waals surface area contributed by atoms with Crippen molar-refractivity contribution >= 4 is 11.6 Å². The SMILES string of the molecule is Cn1ncnc1CN1CCC(COc2ccncc2Cl)CC1. The maximum absolute atomic E-state index is 6.05. The first-order valence-corrected chi connectivity index (χ1v) is 7.87. The molecule has 0 atom stereocenters. The van der Waals surface area contributed by atoms with E-state index in [4.69, 9.17) is 16.3 Å². The van der Waals surface area contributed by atoms with Gasteiger partial charge in [0, 0.05) is 25.5 Å². The molecule has 0 radical (unpaired) electrons. The van der Waals surface area contributed by atoms with Crippen LogP contribution in [0.15, 0.2) is 24.8 Å².